The summed E-state index contributed by atoms with van der Waals surface area (Å²) in [5.41, 5.74) is 5.67. The molecule has 6 heteroatoms. The van der Waals surface area contributed by atoms with Gasteiger partial charge in [-0.25, -0.2) is 9.97 Å². The van der Waals surface area contributed by atoms with Gasteiger partial charge in [-0.2, -0.15) is 0 Å². The highest BCUT2D eigenvalue weighted by molar-refractivity contribution is 7.18. The number of hydrogen-bond donors (Lipinski definition) is 0. The van der Waals surface area contributed by atoms with Crippen molar-refractivity contribution in [2.75, 3.05) is 19.6 Å². The Morgan fingerprint density at radius 2 is 1.97 bits per heavy atom. The third kappa shape index (κ3) is 3.57. The Balaban J connectivity index is 1.50. The van der Waals surface area contributed by atoms with E-state index in [4.69, 9.17) is 4.98 Å². The molecule has 152 valence electrons. The summed E-state index contributed by atoms with van der Waals surface area (Å²) < 4.78 is 2.77. The molecule has 0 amide bonds. The summed E-state index contributed by atoms with van der Waals surface area (Å²) in [4.78, 5) is 24.6. The Labute approximate surface area is 179 Å². The van der Waals surface area contributed by atoms with Gasteiger partial charge in [0.25, 0.3) is 5.56 Å². The zero-order valence-corrected chi connectivity index (χ0v) is 18.1. The number of rotatable bonds is 4. The molecule has 5 rings (SSSR count). The molecule has 0 saturated heterocycles. The fourth-order valence-electron chi connectivity index (χ4n) is 4.13. The molecule has 0 fully saturated rings. The molecule has 0 atom stereocenters. The Bertz CT molecular complexity index is 1330. The molecule has 0 N–H and O–H groups in total. The molecular weight excluding hydrogens is 392 g/mol. The first kappa shape index (κ1) is 19.2. The van der Waals surface area contributed by atoms with Crippen molar-refractivity contribution in [2.45, 2.75) is 26.7 Å². The highest BCUT2D eigenvalue weighted by Crippen LogP contribution is 2.27. The van der Waals surface area contributed by atoms with Gasteiger partial charge in [0.05, 0.1) is 20.9 Å². The van der Waals surface area contributed by atoms with Crippen molar-refractivity contribution in [3.05, 3.63) is 69.6 Å². The van der Waals surface area contributed by atoms with E-state index in [1.807, 2.05) is 31.3 Å². The second kappa shape index (κ2) is 7.78. The van der Waals surface area contributed by atoms with Crippen molar-refractivity contribution in [3.63, 3.8) is 0 Å². The van der Waals surface area contributed by atoms with Gasteiger partial charge in [-0.3, -0.25) is 14.1 Å². The van der Waals surface area contributed by atoms with Crippen LogP contribution in [-0.2, 0) is 0 Å². The number of pyridine rings is 1. The summed E-state index contributed by atoms with van der Waals surface area (Å²) in [5, 5.41) is 1.04. The molecule has 0 saturated carbocycles. The van der Waals surface area contributed by atoms with E-state index < -0.39 is 0 Å². The van der Waals surface area contributed by atoms with Crippen LogP contribution < -0.4 is 5.56 Å². The lowest BCUT2D eigenvalue weighted by molar-refractivity contribution is 0.302. The Hall–Kier alpha value is -2.83. The molecule has 1 aliphatic heterocycles. The fraction of sp³-hybridized carbons (Fsp3) is 0.292. The van der Waals surface area contributed by atoms with Gasteiger partial charge in [0, 0.05) is 30.9 Å². The van der Waals surface area contributed by atoms with Gasteiger partial charge in [-0.15, -0.1) is 11.3 Å². The van der Waals surface area contributed by atoms with Gasteiger partial charge in [-0.05, 0) is 61.7 Å². The van der Waals surface area contributed by atoms with Gasteiger partial charge >= 0.3 is 0 Å². The number of aryl methyl sites for hydroxylation is 1. The minimum atomic E-state index is -0.0542. The molecular formula is C24H24N4OS. The summed E-state index contributed by atoms with van der Waals surface area (Å²) >= 11 is 1.66. The van der Waals surface area contributed by atoms with Gasteiger partial charge in [0.1, 0.15) is 5.65 Å². The van der Waals surface area contributed by atoms with Gasteiger partial charge in [-0.1, -0.05) is 19.1 Å². The van der Waals surface area contributed by atoms with E-state index >= 15 is 0 Å². The molecule has 1 aromatic carbocycles. The largest absolute Gasteiger partial charge is 0.299 e. The fourth-order valence-corrected chi connectivity index (χ4v) is 5.00. The molecule has 4 heterocycles. The second-order valence-corrected chi connectivity index (χ2v) is 9.06. The number of hydrogen-bond acceptors (Lipinski definition) is 5. The topological polar surface area (TPSA) is 50.5 Å². The van der Waals surface area contributed by atoms with Gasteiger partial charge < -0.3 is 0 Å². The minimum absolute atomic E-state index is 0.0542. The van der Waals surface area contributed by atoms with Crippen LogP contribution in [0.3, 0.4) is 0 Å². The Morgan fingerprint density at radius 1 is 1.10 bits per heavy atom. The van der Waals surface area contributed by atoms with Crippen LogP contribution in [0.2, 0.25) is 0 Å². The number of thiazole rings is 1. The number of aromatic nitrogens is 3. The van der Waals surface area contributed by atoms with Crippen LogP contribution >= 0.6 is 11.3 Å². The summed E-state index contributed by atoms with van der Waals surface area (Å²) in [7, 11) is 0. The minimum Gasteiger partial charge on any atom is -0.299 e. The van der Waals surface area contributed by atoms with Crippen molar-refractivity contribution < 1.29 is 0 Å². The zero-order chi connectivity index (χ0) is 20.7. The SMILES string of the molecule is CCCN1CC=C(c2ccc3nc(-c4ccc5nc(C)sc5c4)cc(=O)n3c2)CC1. The van der Waals surface area contributed by atoms with Crippen LogP contribution in [0.1, 0.15) is 30.3 Å². The quantitative estimate of drug-likeness (QED) is 0.480. The van der Waals surface area contributed by atoms with E-state index in [-0.39, 0.29) is 5.56 Å². The van der Waals surface area contributed by atoms with Crippen LogP contribution in [0.4, 0.5) is 0 Å². The van der Waals surface area contributed by atoms with E-state index in [2.05, 4.69) is 35.0 Å². The standard InChI is InChI=1S/C24H24N4OS/c1-3-10-27-11-8-17(9-12-27)19-5-7-23-26-21(14-24(29)28(23)15-19)18-4-6-20-22(13-18)30-16(2)25-20/h4-8,13-15H,3,9-12H2,1-2H3. The predicted octanol–water partition coefficient (Wildman–Crippen LogP) is 4.78. The van der Waals surface area contributed by atoms with Gasteiger partial charge in [0.15, 0.2) is 0 Å². The first-order chi connectivity index (χ1) is 14.6. The molecule has 4 aromatic rings. The maximum absolute atomic E-state index is 12.9. The smallest absolute Gasteiger partial charge is 0.258 e. The van der Waals surface area contributed by atoms with Crippen LogP contribution in [0.15, 0.2) is 53.5 Å². The molecule has 0 spiro atoms. The summed E-state index contributed by atoms with van der Waals surface area (Å²) in [6, 6.07) is 11.7. The van der Waals surface area contributed by atoms with Crippen molar-refractivity contribution in [1.82, 2.24) is 19.3 Å². The maximum Gasteiger partial charge on any atom is 0.258 e. The Morgan fingerprint density at radius 3 is 2.77 bits per heavy atom. The van der Waals surface area contributed by atoms with Crippen molar-refractivity contribution in [1.29, 1.82) is 0 Å². The molecule has 3 aromatic heterocycles. The highest BCUT2D eigenvalue weighted by Gasteiger charge is 2.14. The van der Waals surface area contributed by atoms with E-state index in [9.17, 15) is 4.79 Å². The van der Waals surface area contributed by atoms with Gasteiger partial charge in [0.2, 0.25) is 0 Å². The zero-order valence-electron chi connectivity index (χ0n) is 17.3. The number of fused-ring (bicyclic) bond motifs is 2. The van der Waals surface area contributed by atoms with Crippen molar-refractivity contribution in [2.24, 2.45) is 0 Å². The highest BCUT2D eigenvalue weighted by atomic mass is 32.1. The van der Waals surface area contributed by atoms with E-state index in [1.165, 1.54) is 12.0 Å². The first-order valence-electron chi connectivity index (χ1n) is 10.4. The molecule has 0 radical (unpaired) electrons. The van der Waals surface area contributed by atoms with Crippen LogP contribution in [0, 0.1) is 6.92 Å². The Kier molecular flexibility index (Phi) is 4.97. The molecule has 0 unspecified atom stereocenters. The number of benzene rings is 1. The van der Waals surface area contributed by atoms with E-state index in [0.29, 0.717) is 11.3 Å². The third-order valence-electron chi connectivity index (χ3n) is 5.65. The predicted molar refractivity (Wildman–Crippen MR) is 124 cm³/mol. The third-order valence-corrected chi connectivity index (χ3v) is 6.59. The van der Waals surface area contributed by atoms with Crippen molar-refractivity contribution in [3.8, 4) is 11.3 Å². The molecule has 5 nitrogen and oxygen atoms in total. The van der Waals surface area contributed by atoms with E-state index in [0.717, 1.165) is 52.4 Å². The lowest BCUT2D eigenvalue weighted by atomic mass is 10.0. The van der Waals surface area contributed by atoms with Crippen LogP contribution in [-0.4, -0.2) is 38.9 Å². The summed E-state index contributed by atoms with van der Waals surface area (Å²) in [5.74, 6) is 0. The molecule has 1 aliphatic rings. The first-order valence-corrected chi connectivity index (χ1v) is 11.2. The van der Waals surface area contributed by atoms with Crippen molar-refractivity contribution >= 4 is 32.8 Å². The van der Waals surface area contributed by atoms with E-state index in [1.54, 1.807) is 21.8 Å². The maximum atomic E-state index is 12.9. The second-order valence-electron chi connectivity index (χ2n) is 7.82. The molecule has 0 bridgehead atoms. The summed E-state index contributed by atoms with van der Waals surface area (Å²) in [6.07, 6.45) is 6.42. The van der Waals surface area contributed by atoms with Crippen LogP contribution in [0.25, 0.3) is 32.7 Å². The molecule has 0 aliphatic carbocycles. The summed E-state index contributed by atoms with van der Waals surface area (Å²) in [6.45, 7) is 7.41. The number of nitrogens with zero attached hydrogens (tertiary/aromatic N) is 4. The molecule has 30 heavy (non-hydrogen) atoms. The lowest BCUT2D eigenvalue weighted by Gasteiger charge is -2.26. The monoisotopic (exact) mass is 416 g/mol. The average molecular weight is 417 g/mol. The average Bonchev–Trinajstić information content (AvgIpc) is 3.13. The van der Waals surface area contributed by atoms with Crippen LogP contribution in [0.5, 0.6) is 0 Å². The lowest BCUT2D eigenvalue weighted by Crippen LogP contribution is -2.29. The normalized spacial score (nSPS) is 15.1.